The van der Waals surface area contributed by atoms with Gasteiger partial charge in [0.05, 0.1) is 12.8 Å². The highest BCUT2D eigenvalue weighted by atomic mass is 16.3. The highest BCUT2D eigenvalue weighted by molar-refractivity contribution is 5.98. The standard InChI is InChI=1S/C20H22N2O3/c1-15-17-7-2-3-8-18(17)25-19(15)20(23)22-10-5-9-21(11-12-22)14-16-6-4-13-24-16/h2-4,6-8,13H,5,9-12,14H2,1H3. The van der Waals surface area contributed by atoms with Crippen LogP contribution >= 0.6 is 0 Å². The van der Waals surface area contributed by atoms with E-state index in [4.69, 9.17) is 8.83 Å². The molecule has 1 saturated heterocycles. The lowest BCUT2D eigenvalue weighted by molar-refractivity contribution is 0.0730. The van der Waals surface area contributed by atoms with Crippen LogP contribution in [0.15, 0.2) is 51.5 Å². The smallest absolute Gasteiger partial charge is 0.289 e. The van der Waals surface area contributed by atoms with E-state index in [1.807, 2.05) is 48.2 Å². The molecular formula is C20H22N2O3. The molecule has 0 unspecified atom stereocenters. The zero-order valence-corrected chi connectivity index (χ0v) is 14.4. The van der Waals surface area contributed by atoms with Crippen LogP contribution in [0.5, 0.6) is 0 Å². The SMILES string of the molecule is Cc1c(C(=O)N2CCCN(Cc3ccco3)CC2)oc2ccccc12. The fraction of sp³-hybridized carbons (Fsp3) is 0.350. The second-order valence-corrected chi connectivity index (χ2v) is 6.55. The van der Waals surface area contributed by atoms with Crippen LogP contribution in [-0.4, -0.2) is 41.9 Å². The minimum Gasteiger partial charge on any atom is -0.468 e. The Balaban J connectivity index is 1.47. The van der Waals surface area contributed by atoms with E-state index in [-0.39, 0.29) is 5.91 Å². The van der Waals surface area contributed by atoms with Crippen LogP contribution in [-0.2, 0) is 6.54 Å². The summed E-state index contributed by atoms with van der Waals surface area (Å²) in [5.41, 5.74) is 1.70. The fourth-order valence-corrected chi connectivity index (χ4v) is 3.48. The number of aryl methyl sites for hydroxylation is 1. The van der Waals surface area contributed by atoms with Crippen LogP contribution in [0.4, 0.5) is 0 Å². The Labute approximate surface area is 146 Å². The average molecular weight is 338 g/mol. The van der Waals surface area contributed by atoms with Gasteiger partial charge in [0.2, 0.25) is 0 Å². The van der Waals surface area contributed by atoms with Crippen molar-refractivity contribution >= 4 is 16.9 Å². The van der Waals surface area contributed by atoms with Crippen molar-refractivity contribution in [1.29, 1.82) is 0 Å². The molecule has 3 aromatic rings. The molecule has 0 spiro atoms. The van der Waals surface area contributed by atoms with Gasteiger partial charge in [-0.05, 0) is 31.5 Å². The fourth-order valence-electron chi connectivity index (χ4n) is 3.48. The molecule has 2 aromatic heterocycles. The van der Waals surface area contributed by atoms with Gasteiger partial charge in [-0.1, -0.05) is 18.2 Å². The maximum absolute atomic E-state index is 13.0. The molecule has 1 amide bonds. The number of rotatable bonds is 3. The lowest BCUT2D eigenvalue weighted by Crippen LogP contribution is -2.35. The van der Waals surface area contributed by atoms with E-state index in [1.54, 1.807) is 6.26 Å². The Morgan fingerprint density at radius 2 is 1.96 bits per heavy atom. The third-order valence-corrected chi connectivity index (χ3v) is 4.87. The molecule has 130 valence electrons. The van der Waals surface area contributed by atoms with E-state index >= 15 is 0 Å². The van der Waals surface area contributed by atoms with Gasteiger partial charge in [-0.25, -0.2) is 0 Å². The van der Waals surface area contributed by atoms with Gasteiger partial charge in [0.15, 0.2) is 5.76 Å². The van der Waals surface area contributed by atoms with E-state index in [0.29, 0.717) is 12.3 Å². The van der Waals surface area contributed by atoms with Crippen molar-refractivity contribution in [3.8, 4) is 0 Å². The van der Waals surface area contributed by atoms with Crippen LogP contribution < -0.4 is 0 Å². The first kappa shape index (κ1) is 16.0. The summed E-state index contributed by atoms with van der Waals surface area (Å²) < 4.78 is 11.3. The summed E-state index contributed by atoms with van der Waals surface area (Å²) in [6.45, 7) is 6.01. The molecule has 0 radical (unpaired) electrons. The third-order valence-electron chi connectivity index (χ3n) is 4.87. The number of fused-ring (bicyclic) bond motifs is 1. The molecule has 3 heterocycles. The number of carbonyl (C=O) groups excluding carboxylic acids is 1. The molecule has 0 N–H and O–H groups in total. The normalized spacial score (nSPS) is 16.3. The van der Waals surface area contributed by atoms with Crippen molar-refractivity contribution in [2.45, 2.75) is 19.9 Å². The monoisotopic (exact) mass is 338 g/mol. The van der Waals surface area contributed by atoms with E-state index < -0.39 is 0 Å². The maximum atomic E-state index is 13.0. The Hall–Kier alpha value is -2.53. The van der Waals surface area contributed by atoms with E-state index in [0.717, 1.165) is 54.9 Å². The molecule has 5 nitrogen and oxygen atoms in total. The summed E-state index contributed by atoms with van der Waals surface area (Å²) >= 11 is 0. The first-order chi connectivity index (χ1) is 12.2. The highest BCUT2D eigenvalue weighted by Crippen LogP contribution is 2.26. The van der Waals surface area contributed by atoms with Crippen LogP contribution in [0.3, 0.4) is 0 Å². The van der Waals surface area contributed by atoms with Crippen molar-refractivity contribution in [2.75, 3.05) is 26.2 Å². The molecule has 1 aliphatic rings. The van der Waals surface area contributed by atoms with Crippen molar-refractivity contribution in [3.63, 3.8) is 0 Å². The molecular weight excluding hydrogens is 316 g/mol. The summed E-state index contributed by atoms with van der Waals surface area (Å²) in [5, 5.41) is 1.01. The number of furan rings is 2. The Morgan fingerprint density at radius 3 is 2.76 bits per heavy atom. The zero-order valence-electron chi connectivity index (χ0n) is 14.4. The average Bonchev–Trinajstić information content (AvgIpc) is 3.18. The van der Waals surface area contributed by atoms with Crippen LogP contribution in [0.25, 0.3) is 11.0 Å². The molecule has 5 heteroatoms. The van der Waals surface area contributed by atoms with Crippen molar-refractivity contribution < 1.29 is 13.6 Å². The molecule has 1 fully saturated rings. The second-order valence-electron chi connectivity index (χ2n) is 6.55. The molecule has 0 bridgehead atoms. The van der Waals surface area contributed by atoms with Crippen molar-refractivity contribution in [1.82, 2.24) is 9.80 Å². The number of para-hydroxylation sites is 1. The van der Waals surface area contributed by atoms with E-state index in [1.165, 1.54) is 0 Å². The van der Waals surface area contributed by atoms with Gasteiger partial charge in [-0.2, -0.15) is 0 Å². The summed E-state index contributed by atoms with van der Waals surface area (Å²) in [4.78, 5) is 17.2. The minimum atomic E-state index is -0.00597. The summed E-state index contributed by atoms with van der Waals surface area (Å²) in [6.07, 6.45) is 2.65. The lowest BCUT2D eigenvalue weighted by atomic mass is 10.1. The largest absolute Gasteiger partial charge is 0.468 e. The topological polar surface area (TPSA) is 49.8 Å². The number of carbonyl (C=O) groups is 1. The van der Waals surface area contributed by atoms with Crippen molar-refractivity contribution in [2.24, 2.45) is 0 Å². The van der Waals surface area contributed by atoms with Crippen LogP contribution in [0, 0.1) is 6.92 Å². The first-order valence-electron chi connectivity index (χ1n) is 8.74. The molecule has 0 aliphatic carbocycles. The van der Waals surface area contributed by atoms with Crippen LogP contribution in [0.1, 0.15) is 28.3 Å². The summed E-state index contributed by atoms with van der Waals surface area (Å²) in [7, 11) is 0. The maximum Gasteiger partial charge on any atom is 0.289 e. The van der Waals surface area contributed by atoms with Crippen molar-refractivity contribution in [3.05, 3.63) is 59.7 Å². The second kappa shape index (κ2) is 6.76. The molecule has 1 aromatic carbocycles. The molecule has 4 rings (SSSR count). The Morgan fingerprint density at radius 1 is 1.08 bits per heavy atom. The number of hydrogen-bond acceptors (Lipinski definition) is 4. The highest BCUT2D eigenvalue weighted by Gasteiger charge is 2.25. The number of nitrogens with zero attached hydrogens (tertiary/aromatic N) is 2. The third kappa shape index (κ3) is 3.20. The van der Waals surface area contributed by atoms with Gasteiger partial charge in [-0.3, -0.25) is 9.69 Å². The van der Waals surface area contributed by atoms with E-state index in [9.17, 15) is 4.79 Å². The number of benzene rings is 1. The zero-order chi connectivity index (χ0) is 17.2. The van der Waals surface area contributed by atoms with Crippen LogP contribution in [0.2, 0.25) is 0 Å². The number of amides is 1. The quantitative estimate of drug-likeness (QED) is 0.731. The summed E-state index contributed by atoms with van der Waals surface area (Å²) in [6, 6.07) is 11.7. The van der Waals surface area contributed by atoms with Gasteiger partial charge in [0.1, 0.15) is 11.3 Å². The predicted octanol–water partition coefficient (Wildman–Crippen LogP) is 3.68. The Kier molecular flexibility index (Phi) is 4.32. The molecule has 25 heavy (non-hydrogen) atoms. The lowest BCUT2D eigenvalue weighted by Gasteiger charge is -2.20. The first-order valence-corrected chi connectivity index (χ1v) is 8.74. The molecule has 1 aliphatic heterocycles. The minimum absolute atomic E-state index is 0.00597. The molecule has 0 saturated carbocycles. The summed E-state index contributed by atoms with van der Waals surface area (Å²) in [5.74, 6) is 1.43. The Bertz CT molecular complexity index is 866. The van der Waals surface area contributed by atoms with Gasteiger partial charge >= 0.3 is 0 Å². The predicted molar refractivity (Wildman–Crippen MR) is 95.5 cm³/mol. The van der Waals surface area contributed by atoms with Gasteiger partial charge in [0.25, 0.3) is 5.91 Å². The molecule has 0 atom stereocenters. The van der Waals surface area contributed by atoms with Gasteiger partial charge < -0.3 is 13.7 Å². The van der Waals surface area contributed by atoms with Gasteiger partial charge in [0, 0.05) is 37.1 Å². The van der Waals surface area contributed by atoms with Gasteiger partial charge in [-0.15, -0.1) is 0 Å². The number of hydrogen-bond donors (Lipinski definition) is 0. The van der Waals surface area contributed by atoms with E-state index in [2.05, 4.69) is 4.90 Å².